The van der Waals surface area contributed by atoms with Crippen LogP contribution < -0.4 is 10.5 Å². The molecule has 0 amide bonds. The smallest absolute Gasteiger partial charge is 0.125 e. The molecule has 0 saturated carbocycles. The molecule has 0 aromatic heterocycles. The lowest BCUT2D eigenvalue weighted by atomic mass is 10.1. The number of benzene rings is 1. The molecule has 1 unspecified atom stereocenters. The number of nitrogens with two attached hydrogens (primary N) is 1. The van der Waals surface area contributed by atoms with Gasteiger partial charge in [0.2, 0.25) is 0 Å². The number of ether oxygens (including phenoxy) is 1. The maximum Gasteiger partial charge on any atom is 0.125 e. The Morgan fingerprint density at radius 3 is 2.58 bits per heavy atom. The van der Waals surface area contributed by atoms with Crippen LogP contribution in [-0.2, 0) is 0 Å². The molecule has 108 valence electrons. The van der Waals surface area contributed by atoms with Crippen molar-refractivity contribution in [1.82, 2.24) is 4.90 Å². The molecule has 0 bridgehead atoms. The van der Waals surface area contributed by atoms with E-state index >= 15 is 0 Å². The van der Waals surface area contributed by atoms with Crippen LogP contribution in [0, 0.1) is 19.8 Å². The number of hydrogen-bond acceptors (Lipinski definition) is 3. The lowest BCUT2D eigenvalue weighted by Gasteiger charge is -2.17. The van der Waals surface area contributed by atoms with Crippen molar-refractivity contribution in [3.05, 3.63) is 29.3 Å². The Labute approximate surface area is 122 Å². The third-order valence-corrected chi connectivity index (χ3v) is 3.77. The molecule has 1 fully saturated rings. The van der Waals surface area contributed by atoms with E-state index in [1.54, 1.807) is 0 Å². The third-order valence-electron chi connectivity index (χ3n) is 3.77. The molecule has 2 N–H and O–H groups in total. The highest BCUT2D eigenvalue weighted by Crippen LogP contribution is 2.22. The van der Waals surface area contributed by atoms with Gasteiger partial charge in [0, 0.05) is 13.1 Å². The monoisotopic (exact) mass is 284 g/mol. The number of para-hydroxylation sites is 1. The van der Waals surface area contributed by atoms with Crippen LogP contribution in [0.25, 0.3) is 0 Å². The summed E-state index contributed by atoms with van der Waals surface area (Å²) in [5, 5.41) is 0. The van der Waals surface area contributed by atoms with Crippen molar-refractivity contribution in [1.29, 1.82) is 0 Å². The Bertz CT molecular complexity index is 377. The first-order valence-corrected chi connectivity index (χ1v) is 6.82. The van der Waals surface area contributed by atoms with Gasteiger partial charge in [-0.3, -0.25) is 4.90 Å². The zero-order chi connectivity index (χ0) is 13.0. The quantitative estimate of drug-likeness (QED) is 0.902. The van der Waals surface area contributed by atoms with Crippen LogP contribution in [0.4, 0.5) is 0 Å². The number of likely N-dealkylation sites (tertiary alicyclic amines) is 1. The molecule has 2 rings (SSSR count). The highest BCUT2D eigenvalue weighted by molar-refractivity contribution is 5.85. The first-order chi connectivity index (χ1) is 8.70. The minimum atomic E-state index is 0. The van der Waals surface area contributed by atoms with Gasteiger partial charge in [-0.2, -0.15) is 0 Å². The minimum Gasteiger partial charge on any atom is -0.492 e. The van der Waals surface area contributed by atoms with E-state index in [9.17, 15) is 0 Å². The largest absolute Gasteiger partial charge is 0.492 e. The Balaban J connectivity index is 0.00000180. The first-order valence-electron chi connectivity index (χ1n) is 6.82. The molecule has 1 aromatic carbocycles. The van der Waals surface area contributed by atoms with Crippen molar-refractivity contribution in [2.45, 2.75) is 20.3 Å². The fourth-order valence-electron chi connectivity index (χ4n) is 2.61. The average Bonchev–Trinajstić information content (AvgIpc) is 2.81. The molecule has 1 atom stereocenters. The lowest BCUT2D eigenvalue weighted by Crippen LogP contribution is -2.27. The van der Waals surface area contributed by atoms with Crippen molar-refractivity contribution in [3.8, 4) is 5.75 Å². The average molecular weight is 285 g/mol. The second-order valence-electron chi connectivity index (χ2n) is 5.26. The predicted molar refractivity (Wildman–Crippen MR) is 82.3 cm³/mol. The zero-order valence-electron chi connectivity index (χ0n) is 11.9. The SMILES string of the molecule is Cc1cccc(C)c1OCCN1CCC(CN)C1.Cl. The molecule has 0 radical (unpaired) electrons. The number of nitrogens with zero attached hydrogens (tertiary/aromatic N) is 1. The van der Waals surface area contributed by atoms with Gasteiger partial charge in [0.25, 0.3) is 0 Å². The third kappa shape index (κ3) is 4.37. The minimum absolute atomic E-state index is 0. The summed E-state index contributed by atoms with van der Waals surface area (Å²) in [6.07, 6.45) is 1.24. The highest BCUT2D eigenvalue weighted by Gasteiger charge is 2.20. The molecule has 1 saturated heterocycles. The summed E-state index contributed by atoms with van der Waals surface area (Å²) >= 11 is 0. The topological polar surface area (TPSA) is 38.5 Å². The van der Waals surface area contributed by atoms with Crippen molar-refractivity contribution < 1.29 is 4.74 Å². The predicted octanol–water partition coefficient (Wildman–Crippen LogP) is 2.38. The van der Waals surface area contributed by atoms with Gasteiger partial charge in [-0.25, -0.2) is 0 Å². The van der Waals surface area contributed by atoms with Crippen LogP contribution >= 0.6 is 12.4 Å². The van der Waals surface area contributed by atoms with Gasteiger partial charge >= 0.3 is 0 Å². The van der Waals surface area contributed by atoms with Gasteiger partial charge in [-0.15, -0.1) is 12.4 Å². The molecule has 1 aliphatic heterocycles. The van der Waals surface area contributed by atoms with E-state index < -0.39 is 0 Å². The molecule has 1 aliphatic rings. The van der Waals surface area contributed by atoms with Crippen LogP contribution in [-0.4, -0.2) is 37.7 Å². The molecule has 1 aromatic rings. The summed E-state index contributed by atoms with van der Waals surface area (Å²) < 4.78 is 5.93. The first kappa shape index (κ1) is 16.3. The molecule has 4 heteroatoms. The van der Waals surface area contributed by atoms with E-state index in [-0.39, 0.29) is 12.4 Å². The fraction of sp³-hybridized carbons (Fsp3) is 0.600. The molecule has 0 spiro atoms. The van der Waals surface area contributed by atoms with Crippen molar-refractivity contribution >= 4 is 12.4 Å². The second kappa shape index (κ2) is 7.73. The maximum absolute atomic E-state index is 5.93. The Morgan fingerprint density at radius 2 is 2.00 bits per heavy atom. The van der Waals surface area contributed by atoms with Crippen molar-refractivity contribution in [3.63, 3.8) is 0 Å². The van der Waals surface area contributed by atoms with Crippen LogP contribution in [0.5, 0.6) is 5.75 Å². The summed E-state index contributed by atoms with van der Waals surface area (Å²) in [5.41, 5.74) is 8.14. The van der Waals surface area contributed by atoms with Crippen LogP contribution in [0.2, 0.25) is 0 Å². The van der Waals surface area contributed by atoms with Crippen LogP contribution in [0.3, 0.4) is 0 Å². The number of hydrogen-bond donors (Lipinski definition) is 1. The van der Waals surface area contributed by atoms with Gasteiger partial charge < -0.3 is 10.5 Å². The molecular weight excluding hydrogens is 260 g/mol. The lowest BCUT2D eigenvalue weighted by molar-refractivity contribution is 0.231. The molecular formula is C15H25ClN2O. The van der Waals surface area contributed by atoms with Gasteiger partial charge in [0.1, 0.15) is 12.4 Å². The van der Waals surface area contributed by atoms with E-state index in [2.05, 4.69) is 36.9 Å². The normalized spacial score (nSPS) is 19.2. The molecule has 1 heterocycles. The van der Waals surface area contributed by atoms with E-state index in [1.807, 2.05) is 0 Å². The summed E-state index contributed by atoms with van der Waals surface area (Å²) in [7, 11) is 0. The number of halogens is 1. The number of aryl methyl sites for hydroxylation is 2. The van der Waals surface area contributed by atoms with E-state index in [0.29, 0.717) is 5.92 Å². The van der Waals surface area contributed by atoms with Gasteiger partial charge in [-0.05, 0) is 50.4 Å². The van der Waals surface area contributed by atoms with Gasteiger partial charge in [-0.1, -0.05) is 18.2 Å². The van der Waals surface area contributed by atoms with Crippen LogP contribution in [0.1, 0.15) is 17.5 Å². The van der Waals surface area contributed by atoms with Crippen molar-refractivity contribution in [2.75, 3.05) is 32.8 Å². The fourth-order valence-corrected chi connectivity index (χ4v) is 2.61. The Kier molecular flexibility index (Phi) is 6.63. The van der Waals surface area contributed by atoms with E-state index in [1.165, 1.54) is 17.5 Å². The Hall–Kier alpha value is -0.770. The summed E-state index contributed by atoms with van der Waals surface area (Å²) in [4.78, 5) is 2.45. The second-order valence-corrected chi connectivity index (χ2v) is 5.26. The maximum atomic E-state index is 5.93. The molecule has 3 nitrogen and oxygen atoms in total. The summed E-state index contributed by atoms with van der Waals surface area (Å²) in [5.74, 6) is 1.73. The molecule has 0 aliphatic carbocycles. The summed E-state index contributed by atoms with van der Waals surface area (Å²) in [6, 6.07) is 6.27. The van der Waals surface area contributed by atoms with Crippen LogP contribution in [0.15, 0.2) is 18.2 Å². The van der Waals surface area contributed by atoms with Crippen molar-refractivity contribution in [2.24, 2.45) is 11.7 Å². The standard InChI is InChI=1S/C15H24N2O.ClH/c1-12-4-3-5-13(2)15(12)18-9-8-17-7-6-14(10-16)11-17;/h3-5,14H,6-11,16H2,1-2H3;1H. The van der Waals surface area contributed by atoms with Gasteiger partial charge in [0.05, 0.1) is 0 Å². The van der Waals surface area contributed by atoms with Gasteiger partial charge in [0.15, 0.2) is 0 Å². The number of rotatable bonds is 5. The highest BCUT2D eigenvalue weighted by atomic mass is 35.5. The molecule has 19 heavy (non-hydrogen) atoms. The van der Waals surface area contributed by atoms with E-state index in [4.69, 9.17) is 10.5 Å². The summed E-state index contributed by atoms with van der Waals surface area (Å²) in [6.45, 7) is 9.08. The van der Waals surface area contributed by atoms with E-state index in [0.717, 1.165) is 38.5 Å². The Morgan fingerprint density at radius 1 is 1.32 bits per heavy atom. The zero-order valence-corrected chi connectivity index (χ0v) is 12.7.